The lowest BCUT2D eigenvalue weighted by Gasteiger charge is -2.03. The zero-order valence-electron chi connectivity index (χ0n) is 6.37. The van der Waals surface area contributed by atoms with Crippen molar-refractivity contribution in [1.82, 2.24) is 4.98 Å². The van der Waals surface area contributed by atoms with Crippen molar-refractivity contribution in [2.24, 2.45) is 0 Å². The molecule has 3 nitrogen and oxygen atoms in total. The Hall–Kier alpha value is -1.25. The number of carboxylic acids is 1. The van der Waals surface area contributed by atoms with E-state index in [1.807, 2.05) is 19.2 Å². The number of H-pyrrole nitrogens is 1. The minimum atomic E-state index is -0.751. The first kappa shape index (κ1) is 7.85. The maximum atomic E-state index is 10.3. The van der Waals surface area contributed by atoms with Crippen LogP contribution >= 0.6 is 0 Å². The highest BCUT2D eigenvalue weighted by atomic mass is 16.4. The first-order valence-electron chi connectivity index (χ1n) is 3.54. The normalized spacial score (nSPS) is 12.8. The SMILES string of the molecule is CC(CC(=O)O)c1cc[nH]c1. The minimum Gasteiger partial charge on any atom is -0.481 e. The highest BCUT2D eigenvalue weighted by Gasteiger charge is 2.09. The van der Waals surface area contributed by atoms with Gasteiger partial charge in [0.25, 0.3) is 0 Å². The molecule has 0 aliphatic carbocycles. The van der Waals surface area contributed by atoms with Gasteiger partial charge in [-0.1, -0.05) is 6.92 Å². The molecular weight excluding hydrogens is 142 g/mol. The number of aromatic amines is 1. The lowest BCUT2D eigenvalue weighted by atomic mass is 10.0. The molecule has 2 N–H and O–H groups in total. The number of carboxylic acid groups (broad SMARTS) is 1. The molecule has 60 valence electrons. The Bertz CT molecular complexity index is 228. The summed E-state index contributed by atoms with van der Waals surface area (Å²) in [6.07, 6.45) is 3.82. The molecule has 11 heavy (non-hydrogen) atoms. The fourth-order valence-electron chi connectivity index (χ4n) is 1.02. The third kappa shape index (κ3) is 2.11. The van der Waals surface area contributed by atoms with Crippen LogP contribution in [0.2, 0.25) is 0 Å². The van der Waals surface area contributed by atoms with Crippen molar-refractivity contribution in [1.29, 1.82) is 0 Å². The Balaban J connectivity index is 2.56. The monoisotopic (exact) mass is 153 g/mol. The number of aliphatic carboxylic acids is 1. The predicted molar refractivity (Wildman–Crippen MR) is 41.5 cm³/mol. The predicted octanol–water partition coefficient (Wildman–Crippen LogP) is 1.59. The van der Waals surface area contributed by atoms with Crippen LogP contribution in [0.15, 0.2) is 18.5 Å². The highest BCUT2D eigenvalue weighted by Crippen LogP contribution is 2.17. The van der Waals surface area contributed by atoms with E-state index in [0.717, 1.165) is 5.56 Å². The highest BCUT2D eigenvalue weighted by molar-refractivity contribution is 5.67. The molecule has 0 bridgehead atoms. The second kappa shape index (κ2) is 3.23. The molecule has 1 atom stereocenters. The number of nitrogens with one attached hydrogen (secondary N) is 1. The van der Waals surface area contributed by atoms with Gasteiger partial charge in [-0.2, -0.15) is 0 Å². The molecule has 0 saturated carbocycles. The van der Waals surface area contributed by atoms with Crippen LogP contribution in [0.1, 0.15) is 24.8 Å². The second-order valence-corrected chi connectivity index (χ2v) is 2.64. The van der Waals surface area contributed by atoms with Gasteiger partial charge < -0.3 is 10.1 Å². The molecule has 1 aromatic rings. The van der Waals surface area contributed by atoms with Gasteiger partial charge >= 0.3 is 5.97 Å². The van der Waals surface area contributed by atoms with Gasteiger partial charge in [0.05, 0.1) is 6.42 Å². The number of hydrogen-bond donors (Lipinski definition) is 2. The van der Waals surface area contributed by atoms with E-state index in [-0.39, 0.29) is 12.3 Å². The third-order valence-electron chi connectivity index (χ3n) is 1.67. The molecule has 1 rings (SSSR count). The molecular formula is C8H11NO2. The van der Waals surface area contributed by atoms with Crippen molar-refractivity contribution < 1.29 is 9.90 Å². The van der Waals surface area contributed by atoms with Gasteiger partial charge in [-0.05, 0) is 17.5 Å². The van der Waals surface area contributed by atoms with Crippen molar-refractivity contribution >= 4 is 5.97 Å². The fraction of sp³-hybridized carbons (Fsp3) is 0.375. The molecule has 0 aliphatic rings. The van der Waals surface area contributed by atoms with E-state index in [0.29, 0.717) is 0 Å². The van der Waals surface area contributed by atoms with Gasteiger partial charge in [-0.15, -0.1) is 0 Å². The van der Waals surface area contributed by atoms with Gasteiger partial charge in [-0.3, -0.25) is 4.79 Å². The van der Waals surface area contributed by atoms with Crippen LogP contribution in [-0.2, 0) is 4.79 Å². The van der Waals surface area contributed by atoms with Gasteiger partial charge in [-0.25, -0.2) is 0 Å². The Kier molecular flexibility index (Phi) is 2.31. The lowest BCUT2D eigenvalue weighted by Crippen LogP contribution is -2.01. The van der Waals surface area contributed by atoms with Crippen LogP contribution in [0.3, 0.4) is 0 Å². The van der Waals surface area contributed by atoms with Crippen LogP contribution in [0, 0.1) is 0 Å². The topological polar surface area (TPSA) is 53.1 Å². The summed E-state index contributed by atoms with van der Waals surface area (Å²) in [7, 11) is 0. The minimum absolute atomic E-state index is 0.0961. The molecule has 1 unspecified atom stereocenters. The summed E-state index contributed by atoms with van der Waals surface area (Å²) in [5.74, 6) is -0.655. The second-order valence-electron chi connectivity index (χ2n) is 2.64. The van der Waals surface area contributed by atoms with Crippen LogP contribution in [0.25, 0.3) is 0 Å². The summed E-state index contributed by atoms with van der Waals surface area (Å²) < 4.78 is 0. The molecule has 1 aromatic heterocycles. The number of carbonyl (C=O) groups is 1. The van der Waals surface area contributed by atoms with E-state index in [2.05, 4.69) is 4.98 Å². The smallest absolute Gasteiger partial charge is 0.303 e. The van der Waals surface area contributed by atoms with E-state index < -0.39 is 5.97 Å². The van der Waals surface area contributed by atoms with Crippen LogP contribution in [0.5, 0.6) is 0 Å². The van der Waals surface area contributed by atoms with Crippen molar-refractivity contribution in [3.63, 3.8) is 0 Å². The first-order chi connectivity index (χ1) is 5.20. The molecule has 0 aromatic carbocycles. The maximum absolute atomic E-state index is 10.3. The van der Waals surface area contributed by atoms with E-state index in [1.165, 1.54) is 0 Å². The van der Waals surface area contributed by atoms with E-state index in [1.54, 1.807) is 6.20 Å². The van der Waals surface area contributed by atoms with Crippen LogP contribution in [-0.4, -0.2) is 16.1 Å². The molecule has 0 spiro atoms. The van der Waals surface area contributed by atoms with Crippen molar-refractivity contribution in [2.75, 3.05) is 0 Å². The standard InChI is InChI=1S/C8H11NO2/c1-6(4-8(10)11)7-2-3-9-5-7/h2-3,5-6,9H,4H2,1H3,(H,10,11). The molecule has 0 fully saturated rings. The summed E-state index contributed by atoms with van der Waals surface area (Å²) in [6.45, 7) is 1.90. The fourth-order valence-corrected chi connectivity index (χ4v) is 1.02. The third-order valence-corrected chi connectivity index (χ3v) is 1.67. The summed E-state index contributed by atoms with van der Waals surface area (Å²) in [5, 5.41) is 8.47. The Labute approximate surface area is 65.1 Å². The van der Waals surface area contributed by atoms with Gasteiger partial charge in [0.15, 0.2) is 0 Å². The summed E-state index contributed by atoms with van der Waals surface area (Å²) in [5.41, 5.74) is 1.05. The van der Waals surface area contributed by atoms with Crippen LogP contribution in [0.4, 0.5) is 0 Å². The van der Waals surface area contributed by atoms with Crippen molar-refractivity contribution in [3.8, 4) is 0 Å². The van der Waals surface area contributed by atoms with Crippen LogP contribution < -0.4 is 0 Å². The average Bonchev–Trinajstić information content (AvgIpc) is 2.35. The van der Waals surface area contributed by atoms with Crippen molar-refractivity contribution in [2.45, 2.75) is 19.3 Å². The Morgan fingerprint density at radius 1 is 1.82 bits per heavy atom. The molecule has 0 amide bonds. The lowest BCUT2D eigenvalue weighted by molar-refractivity contribution is -0.137. The summed E-state index contributed by atoms with van der Waals surface area (Å²) >= 11 is 0. The summed E-state index contributed by atoms with van der Waals surface area (Å²) in [4.78, 5) is 13.2. The number of aromatic nitrogens is 1. The van der Waals surface area contributed by atoms with E-state index in [4.69, 9.17) is 5.11 Å². The number of hydrogen-bond acceptors (Lipinski definition) is 1. The Morgan fingerprint density at radius 3 is 3.00 bits per heavy atom. The zero-order chi connectivity index (χ0) is 8.27. The zero-order valence-corrected chi connectivity index (χ0v) is 6.37. The number of rotatable bonds is 3. The maximum Gasteiger partial charge on any atom is 0.303 e. The quantitative estimate of drug-likeness (QED) is 0.692. The molecule has 1 heterocycles. The van der Waals surface area contributed by atoms with Gasteiger partial charge in [0.2, 0.25) is 0 Å². The molecule has 3 heteroatoms. The van der Waals surface area contributed by atoms with Crippen molar-refractivity contribution in [3.05, 3.63) is 24.0 Å². The first-order valence-corrected chi connectivity index (χ1v) is 3.54. The van der Waals surface area contributed by atoms with Gasteiger partial charge in [0, 0.05) is 12.4 Å². The van der Waals surface area contributed by atoms with E-state index >= 15 is 0 Å². The summed E-state index contributed by atoms with van der Waals surface area (Å²) in [6, 6.07) is 1.90. The molecule has 0 saturated heterocycles. The van der Waals surface area contributed by atoms with Gasteiger partial charge in [0.1, 0.15) is 0 Å². The largest absolute Gasteiger partial charge is 0.481 e. The average molecular weight is 153 g/mol. The molecule has 0 aliphatic heterocycles. The Morgan fingerprint density at radius 2 is 2.55 bits per heavy atom. The van der Waals surface area contributed by atoms with E-state index in [9.17, 15) is 4.79 Å². The molecule has 0 radical (unpaired) electrons.